The SMILES string of the molecule is CN1CCC(CNS(=O)(=O)c2csc3ccccc23)CC1=O. The lowest BCUT2D eigenvalue weighted by Crippen LogP contribution is -2.40. The Balaban J connectivity index is 1.73. The fourth-order valence-corrected chi connectivity index (χ4v) is 5.26. The first-order valence-electron chi connectivity index (χ1n) is 7.17. The number of nitrogens with zero attached hydrogens (tertiary/aromatic N) is 1. The molecule has 1 aromatic carbocycles. The third-order valence-electron chi connectivity index (χ3n) is 4.06. The summed E-state index contributed by atoms with van der Waals surface area (Å²) in [5.41, 5.74) is 0. The lowest BCUT2D eigenvalue weighted by atomic mass is 9.97. The molecule has 0 spiro atoms. The molecule has 0 aliphatic carbocycles. The molecule has 1 amide bonds. The van der Waals surface area contributed by atoms with Crippen molar-refractivity contribution in [2.45, 2.75) is 17.7 Å². The number of carbonyl (C=O) groups excluding carboxylic acids is 1. The van der Waals surface area contributed by atoms with Crippen molar-refractivity contribution in [3.63, 3.8) is 0 Å². The van der Waals surface area contributed by atoms with Crippen molar-refractivity contribution < 1.29 is 13.2 Å². The molecule has 1 atom stereocenters. The molecule has 0 bridgehead atoms. The van der Waals surface area contributed by atoms with Crippen LogP contribution in [0.3, 0.4) is 0 Å². The summed E-state index contributed by atoms with van der Waals surface area (Å²) in [6, 6.07) is 7.46. The second-order valence-electron chi connectivity index (χ2n) is 5.62. The first-order chi connectivity index (χ1) is 10.5. The van der Waals surface area contributed by atoms with Crippen molar-refractivity contribution in [2.75, 3.05) is 20.1 Å². The minimum atomic E-state index is -3.54. The van der Waals surface area contributed by atoms with Gasteiger partial charge in [-0.2, -0.15) is 0 Å². The highest BCUT2D eigenvalue weighted by Crippen LogP contribution is 2.29. The number of thiophene rings is 1. The minimum Gasteiger partial charge on any atom is -0.346 e. The Labute approximate surface area is 134 Å². The van der Waals surface area contributed by atoms with Gasteiger partial charge in [0.1, 0.15) is 4.90 Å². The van der Waals surface area contributed by atoms with Crippen LogP contribution in [-0.2, 0) is 14.8 Å². The lowest BCUT2D eigenvalue weighted by molar-refractivity contribution is -0.133. The van der Waals surface area contributed by atoms with Crippen molar-refractivity contribution in [2.24, 2.45) is 5.92 Å². The van der Waals surface area contributed by atoms with Crippen LogP contribution in [0.1, 0.15) is 12.8 Å². The summed E-state index contributed by atoms with van der Waals surface area (Å²) in [6.45, 7) is 0.999. The van der Waals surface area contributed by atoms with E-state index in [4.69, 9.17) is 0 Å². The van der Waals surface area contributed by atoms with E-state index in [1.807, 2.05) is 24.3 Å². The summed E-state index contributed by atoms with van der Waals surface area (Å²) in [4.78, 5) is 13.7. The number of hydrogen-bond acceptors (Lipinski definition) is 4. The lowest BCUT2D eigenvalue weighted by Gasteiger charge is -2.28. The van der Waals surface area contributed by atoms with Crippen molar-refractivity contribution in [3.8, 4) is 0 Å². The summed E-state index contributed by atoms with van der Waals surface area (Å²) in [5, 5.41) is 2.42. The highest BCUT2D eigenvalue weighted by Gasteiger charge is 2.26. The van der Waals surface area contributed by atoms with Crippen LogP contribution in [0.2, 0.25) is 0 Å². The van der Waals surface area contributed by atoms with Crippen LogP contribution >= 0.6 is 11.3 Å². The van der Waals surface area contributed by atoms with Crippen molar-refractivity contribution in [1.82, 2.24) is 9.62 Å². The smallest absolute Gasteiger partial charge is 0.242 e. The van der Waals surface area contributed by atoms with Gasteiger partial charge in [-0.1, -0.05) is 18.2 Å². The standard InChI is InChI=1S/C15H18N2O3S2/c1-17-7-6-11(8-15(17)18)9-16-22(19,20)14-10-21-13-5-3-2-4-12(13)14/h2-5,10-11,16H,6-9H2,1H3. The number of fused-ring (bicyclic) bond motifs is 1. The molecule has 1 N–H and O–H groups in total. The maximum absolute atomic E-state index is 12.5. The molecule has 1 unspecified atom stereocenters. The Morgan fingerprint density at radius 3 is 2.91 bits per heavy atom. The summed E-state index contributed by atoms with van der Waals surface area (Å²) < 4.78 is 28.6. The zero-order valence-electron chi connectivity index (χ0n) is 12.3. The average molecular weight is 338 g/mol. The highest BCUT2D eigenvalue weighted by molar-refractivity contribution is 7.90. The highest BCUT2D eigenvalue weighted by atomic mass is 32.2. The summed E-state index contributed by atoms with van der Waals surface area (Å²) >= 11 is 1.42. The molecule has 1 aliphatic rings. The van der Waals surface area contributed by atoms with E-state index in [0.717, 1.165) is 16.5 Å². The van der Waals surface area contributed by atoms with E-state index < -0.39 is 10.0 Å². The molecule has 2 heterocycles. The van der Waals surface area contributed by atoms with Gasteiger partial charge in [0.05, 0.1) is 0 Å². The van der Waals surface area contributed by atoms with E-state index in [9.17, 15) is 13.2 Å². The summed E-state index contributed by atoms with van der Waals surface area (Å²) in [6.07, 6.45) is 1.23. The van der Waals surface area contributed by atoms with E-state index >= 15 is 0 Å². The Kier molecular flexibility index (Phi) is 4.20. The second-order valence-corrected chi connectivity index (χ2v) is 8.27. The van der Waals surface area contributed by atoms with Gasteiger partial charge in [0.15, 0.2) is 0 Å². The molecule has 1 aromatic heterocycles. The molecule has 22 heavy (non-hydrogen) atoms. The Hall–Kier alpha value is -1.44. The molecule has 1 aliphatic heterocycles. The number of amides is 1. The number of carbonyl (C=O) groups is 1. The van der Waals surface area contributed by atoms with E-state index in [0.29, 0.717) is 24.4 Å². The number of nitrogens with one attached hydrogen (secondary N) is 1. The Bertz CT molecular complexity index is 798. The first kappa shape index (κ1) is 15.5. The van der Waals surface area contributed by atoms with Crippen molar-refractivity contribution in [3.05, 3.63) is 29.6 Å². The molecule has 0 saturated carbocycles. The van der Waals surface area contributed by atoms with Crippen LogP contribution < -0.4 is 4.72 Å². The number of rotatable bonds is 4. The van der Waals surface area contributed by atoms with Crippen LogP contribution in [0.25, 0.3) is 10.1 Å². The largest absolute Gasteiger partial charge is 0.346 e. The maximum atomic E-state index is 12.5. The zero-order valence-corrected chi connectivity index (χ0v) is 13.9. The van der Waals surface area contributed by atoms with Gasteiger partial charge in [-0.25, -0.2) is 13.1 Å². The van der Waals surface area contributed by atoms with Crippen LogP contribution in [0.5, 0.6) is 0 Å². The number of likely N-dealkylation sites (tertiary alicyclic amines) is 1. The predicted octanol–water partition coefficient (Wildman–Crippen LogP) is 2.05. The molecule has 7 heteroatoms. The maximum Gasteiger partial charge on any atom is 0.242 e. The van der Waals surface area contributed by atoms with Crippen LogP contribution in [-0.4, -0.2) is 39.4 Å². The molecule has 0 radical (unpaired) electrons. The van der Waals surface area contributed by atoms with E-state index in [1.165, 1.54) is 11.3 Å². The first-order valence-corrected chi connectivity index (χ1v) is 9.53. The zero-order chi connectivity index (χ0) is 15.7. The van der Waals surface area contributed by atoms with Crippen LogP contribution in [0, 0.1) is 5.92 Å². The Morgan fingerprint density at radius 2 is 2.14 bits per heavy atom. The molecule has 2 aromatic rings. The molecule has 118 valence electrons. The third-order valence-corrected chi connectivity index (χ3v) is 6.63. The molecule has 5 nitrogen and oxygen atoms in total. The Morgan fingerprint density at radius 1 is 1.36 bits per heavy atom. The summed E-state index contributed by atoms with van der Waals surface area (Å²) in [7, 11) is -1.76. The topological polar surface area (TPSA) is 66.5 Å². The summed E-state index contributed by atoms with van der Waals surface area (Å²) in [5.74, 6) is 0.153. The average Bonchev–Trinajstić information content (AvgIpc) is 2.93. The van der Waals surface area contributed by atoms with Gasteiger partial charge in [0, 0.05) is 42.0 Å². The molecule has 1 fully saturated rings. The van der Waals surface area contributed by atoms with Crippen molar-refractivity contribution >= 4 is 37.4 Å². The van der Waals surface area contributed by atoms with Crippen molar-refractivity contribution in [1.29, 1.82) is 0 Å². The molecular weight excluding hydrogens is 320 g/mol. The fraction of sp³-hybridized carbons (Fsp3) is 0.400. The molecular formula is C15H18N2O3S2. The normalized spacial score (nSPS) is 19.8. The minimum absolute atomic E-state index is 0.0726. The monoisotopic (exact) mass is 338 g/mol. The van der Waals surface area contributed by atoms with E-state index in [-0.39, 0.29) is 11.8 Å². The van der Waals surface area contributed by atoms with Crippen LogP contribution in [0.4, 0.5) is 0 Å². The molecule has 1 saturated heterocycles. The third kappa shape index (κ3) is 3.02. The van der Waals surface area contributed by atoms with Gasteiger partial charge >= 0.3 is 0 Å². The van der Waals surface area contributed by atoms with E-state index in [2.05, 4.69) is 4.72 Å². The van der Waals surface area contributed by atoms with E-state index in [1.54, 1.807) is 17.3 Å². The number of piperidine rings is 1. The number of sulfonamides is 1. The van der Waals surface area contributed by atoms with Gasteiger partial charge in [0.2, 0.25) is 15.9 Å². The quantitative estimate of drug-likeness (QED) is 0.928. The van der Waals surface area contributed by atoms with Gasteiger partial charge < -0.3 is 4.90 Å². The predicted molar refractivity (Wildman–Crippen MR) is 87.4 cm³/mol. The van der Waals surface area contributed by atoms with Gasteiger partial charge in [-0.3, -0.25) is 4.79 Å². The number of benzene rings is 1. The fourth-order valence-electron chi connectivity index (χ4n) is 2.65. The van der Waals surface area contributed by atoms with Gasteiger partial charge in [0.25, 0.3) is 0 Å². The van der Waals surface area contributed by atoms with Gasteiger partial charge in [-0.15, -0.1) is 11.3 Å². The van der Waals surface area contributed by atoms with Gasteiger partial charge in [-0.05, 0) is 18.4 Å². The molecule has 3 rings (SSSR count). The number of hydrogen-bond donors (Lipinski definition) is 1. The van der Waals surface area contributed by atoms with Crippen LogP contribution in [0.15, 0.2) is 34.5 Å². The second kappa shape index (κ2) is 5.98.